The number of aromatic nitrogens is 3. The van der Waals surface area contributed by atoms with Crippen LogP contribution >= 0.6 is 0 Å². The van der Waals surface area contributed by atoms with Crippen LogP contribution in [0.15, 0.2) is 30.5 Å². The maximum absolute atomic E-state index is 8.82. The maximum Gasteiger partial charge on any atom is 0.0965 e. The monoisotopic (exact) mass is 260 g/mol. The van der Waals surface area contributed by atoms with Gasteiger partial charge in [-0.15, -0.1) is 5.10 Å². The molecular weight excluding hydrogens is 240 g/mol. The molecule has 5 heteroatoms. The Balaban J connectivity index is 1.92. The lowest BCUT2D eigenvalue weighted by molar-refractivity contribution is 0.268. The van der Waals surface area contributed by atoms with Crippen LogP contribution in [0.5, 0.6) is 0 Å². The van der Waals surface area contributed by atoms with Crippen LogP contribution in [0.1, 0.15) is 29.8 Å². The van der Waals surface area contributed by atoms with Crippen molar-refractivity contribution in [3.8, 4) is 0 Å². The fourth-order valence-electron chi connectivity index (χ4n) is 2.07. The second-order valence-electron chi connectivity index (χ2n) is 4.66. The van der Waals surface area contributed by atoms with E-state index in [0.29, 0.717) is 13.1 Å². The van der Waals surface area contributed by atoms with E-state index in [4.69, 9.17) is 5.11 Å². The number of aryl methyl sites for hydroxylation is 1. The van der Waals surface area contributed by atoms with Gasteiger partial charge in [0.25, 0.3) is 0 Å². The molecule has 5 nitrogen and oxygen atoms in total. The Morgan fingerprint density at radius 2 is 2.16 bits per heavy atom. The van der Waals surface area contributed by atoms with Crippen molar-refractivity contribution in [2.24, 2.45) is 0 Å². The smallest absolute Gasteiger partial charge is 0.0965 e. The van der Waals surface area contributed by atoms with Gasteiger partial charge in [-0.1, -0.05) is 29.5 Å². The summed E-state index contributed by atoms with van der Waals surface area (Å²) in [5.41, 5.74) is 3.46. The molecule has 0 spiro atoms. The van der Waals surface area contributed by atoms with Gasteiger partial charge in [-0.05, 0) is 25.0 Å². The summed E-state index contributed by atoms with van der Waals surface area (Å²) in [6, 6.07) is 8.62. The summed E-state index contributed by atoms with van der Waals surface area (Å²) in [7, 11) is 0. The molecule has 0 fully saturated rings. The van der Waals surface area contributed by atoms with Gasteiger partial charge >= 0.3 is 0 Å². The number of aliphatic hydroxyl groups excluding tert-OH is 1. The highest BCUT2D eigenvalue weighted by Crippen LogP contribution is 2.16. The van der Waals surface area contributed by atoms with Gasteiger partial charge in [-0.3, -0.25) is 0 Å². The van der Waals surface area contributed by atoms with E-state index in [1.54, 1.807) is 4.68 Å². The van der Waals surface area contributed by atoms with Gasteiger partial charge in [0.1, 0.15) is 0 Å². The van der Waals surface area contributed by atoms with Crippen molar-refractivity contribution in [1.82, 2.24) is 20.3 Å². The van der Waals surface area contributed by atoms with Crippen molar-refractivity contribution in [3.05, 3.63) is 47.3 Å². The molecule has 2 rings (SSSR count). The van der Waals surface area contributed by atoms with Gasteiger partial charge in [0, 0.05) is 18.8 Å². The molecule has 0 aliphatic heterocycles. The Labute approximate surface area is 113 Å². The highest BCUT2D eigenvalue weighted by Gasteiger charge is 2.08. The van der Waals surface area contributed by atoms with Crippen molar-refractivity contribution < 1.29 is 5.11 Å². The number of aliphatic hydroxyl groups is 1. The van der Waals surface area contributed by atoms with Gasteiger partial charge in [0.15, 0.2) is 0 Å². The average molecular weight is 260 g/mol. The van der Waals surface area contributed by atoms with Crippen molar-refractivity contribution in [1.29, 1.82) is 0 Å². The Morgan fingerprint density at radius 3 is 2.89 bits per heavy atom. The zero-order valence-corrected chi connectivity index (χ0v) is 11.4. The summed E-state index contributed by atoms with van der Waals surface area (Å²) in [4.78, 5) is 0. The van der Waals surface area contributed by atoms with E-state index in [1.165, 1.54) is 11.1 Å². The molecule has 0 unspecified atom stereocenters. The van der Waals surface area contributed by atoms with Crippen molar-refractivity contribution in [2.75, 3.05) is 6.61 Å². The van der Waals surface area contributed by atoms with Crippen LogP contribution in [0.4, 0.5) is 0 Å². The van der Waals surface area contributed by atoms with E-state index >= 15 is 0 Å². The standard InChI is InChI=1S/C14H20N4O/c1-11-5-3-4-6-14(11)12(2)15-9-13-10-18(7-8-19)17-16-13/h3-6,10,12,15,19H,7-9H2,1-2H3/t12-/m1/s1. The van der Waals surface area contributed by atoms with E-state index < -0.39 is 0 Å². The van der Waals surface area contributed by atoms with Gasteiger partial charge < -0.3 is 10.4 Å². The summed E-state index contributed by atoms with van der Waals surface area (Å²) in [6.45, 7) is 5.49. The minimum atomic E-state index is 0.0792. The lowest BCUT2D eigenvalue weighted by Gasteiger charge is -2.15. The highest BCUT2D eigenvalue weighted by molar-refractivity contribution is 5.28. The third-order valence-corrected chi connectivity index (χ3v) is 3.16. The third kappa shape index (κ3) is 3.62. The van der Waals surface area contributed by atoms with Crippen LogP contribution < -0.4 is 5.32 Å². The molecule has 1 heterocycles. The summed E-state index contributed by atoms with van der Waals surface area (Å²) < 4.78 is 1.65. The first kappa shape index (κ1) is 13.7. The van der Waals surface area contributed by atoms with E-state index in [-0.39, 0.29) is 12.6 Å². The minimum absolute atomic E-state index is 0.0792. The third-order valence-electron chi connectivity index (χ3n) is 3.16. The summed E-state index contributed by atoms with van der Waals surface area (Å²) in [5.74, 6) is 0. The first-order valence-corrected chi connectivity index (χ1v) is 6.49. The second-order valence-corrected chi connectivity index (χ2v) is 4.66. The maximum atomic E-state index is 8.82. The summed E-state index contributed by atoms with van der Waals surface area (Å²) >= 11 is 0. The lowest BCUT2D eigenvalue weighted by Crippen LogP contribution is -2.19. The molecular formula is C14H20N4O. The van der Waals surface area contributed by atoms with Crippen LogP contribution in [0.3, 0.4) is 0 Å². The Bertz CT molecular complexity index is 524. The molecule has 1 aromatic heterocycles. The number of nitrogens with one attached hydrogen (secondary N) is 1. The molecule has 0 aliphatic carbocycles. The molecule has 0 radical (unpaired) electrons. The van der Waals surface area contributed by atoms with E-state index in [2.05, 4.69) is 47.7 Å². The molecule has 1 aromatic carbocycles. The van der Waals surface area contributed by atoms with Crippen molar-refractivity contribution in [3.63, 3.8) is 0 Å². The van der Waals surface area contributed by atoms with Crippen molar-refractivity contribution in [2.45, 2.75) is 33.0 Å². The number of rotatable bonds is 6. The number of nitrogens with zero attached hydrogens (tertiary/aromatic N) is 3. The van der Waals surface area contributed by atoms with Crippen molar-refractivity contribution >= 4 is 0 Å². The molecule has 0 aliphatic rings. The van der Waals surface area contributed by atoms with Gasteiger partial charge in [-0.2, -0.15) is 0 Å². The first-order chi connectivity index (χ1) is 9.20. The molecule has 19 heavy (non-hydrogen) atoms. The SMILES string of the molecule is Cc1ccccc1[C@@H](C)NCc1cn(CCO)nn1. The summed E-state index contributed by atoms with van der Waals surface area (Å²) in [6.07, 6.45) is 1.85. The second kappa shape index (κ2) is 6.45. The molecule has 0 bridgehead atoms. The highest BCUT2D eigenvalue weighted by atomic mass is 16.3. The largest absolute Gasteiger partial charge is 0.394 e. The Morgan fingerprint density at radius 1 is 1.37 bits per heavy atom. The number of hydrogen-bond acceptors (Lipinski definition) is 4. The van der Waals surface area contributed by atoms with Gasteiger partial charge in [-0.25, -0.2) is 4.68 Å². The lowest BCUT2D eigenvalue weighted by atomic mass is 10.0. The fourth-order valence-corrected chi connectivity index (χ4v) is 2.07. The van der Waals surface area contributed by atoms with Gasteiger partial charge in [0.2, 0.25) is 0 Å². The van der Waals surface area contributed by atoms with Crippen LogP contribution in [0.25, 0.3) is 0 Å². The fraction of sp³-hybridized carbons (Fsp3) is 0.429. The number of hydrogen-bond donors (Lipinski definition) is 2. The molecule has 1 atom stereocenters. The molecule has 0 saturated heterocycles. The molecule has 0 saturated carbocycles. The molecule has 2 aromatic rings. The predicted molar refractivity (Wildman–Crippen MR) is 73.5 cm³/mol. The molecule has 102 valence electrons. The van der Waals surface area contributed by atoms with Crippen LogP contribution in [-0.2, 0) is 13.1 Å². The van der Waals surface area contributed by atoms with Crippen LogP contribution in [0.2, 0.25) is 0 Å². The van der Waals surface area contributed by atoms with E-state index in [9.17, 15) is 0 Å². The quantitative estimate of drug-likeness (QED) is 0.824. The summed E-state index contributed by atoms with van der Waals surface area (Å²) in [5, 5.41) is 20.3. The zero-order valence-electron chi connectivity index (χ0n) is 11.4. The van der Waals surface area contributed by atoms with Crippen LogP contribution in [-0.4, -0.2) is 26.7 Å². The molecule has 2 N–H and O–H groups in total. The zero-order chi connectivity index (χ0) is 13.7. The van der Waals surface area contributed by atoms with E-state index in [0.717, 1.165) is 5.69 Å². The topological polar surface area (TPSA) is 63.0 Å². The normalized spacial score (nSPS) is 12.6. The Hall–Kier alpha value is -1.72. The minimum Gasteiger partial charge on any atom is -0.394 e. The molecule has 0 amide bonds. The average Bonchev–Trinajstić information content (AvgIpc) is 2.85. The number of benzene rings is 1. The van der Waals surface area contributed by atoms with Gasteiger partial charge in [0.05, 0.1) is 18.8 Å². The van der Waals surface area contributed by atoms with Crippen LogP contribution in [0, 0.1) is 6.92 Å². The first-order valence-electron chi connectivity index (χ1n) is 6.49. The van der Waals surface area contributed by atoms with E-state index in [1.807, 2.05) is 12.3 Å². The predicted octanol–water partition coefficient (Wildman–Crippen LogP) is 1.43. The Kier molecular flexibility index (Phi) is 4.65.